The van der Waals surface area contributed by atoms with Crippen molar-refractivity contribution in [3.8, 4) is 0 Å². The van der Waals surface area contributed by atoms with Crippen molar-refractivity contribution in [2.24, 2.45) is 0 Å². The van der Waals surface area contributed by atoms with Gasteiger partial charge >= 0.3 is 0 Å². The molecule has 0 aromatic carbocycles. The third kappa shape index (κ3) is 4.31. The summed E-state index contributed by atoms with van der Waals surface area (Å²) in [4.78, 5) is 13.4. The van der Waals surface area contributed by atoms with Gasteiger partial charge in [-0.25, -0.2) is 0 Å². The van der Waals surface area contributed by atoms with Gasteiger partial charge in [-0.2, -0.15) is 0 Å². The standard InChI is InChI=1S/C12H23NO2/c1-4-15-12-5-7-13(8-6-12)10(2)9-11(3)14/h10,12H,4-9H2,1-3H3. The average Bonchev–Trinajstić information content (AvgIpc) is 2.18. The number of hydrogen-bond acceptors (Lipinski definition) is 3. The molecule has 0 N–H and O–H groups in total. The molecule has 0 aromatic heterocycles. The number of Topliss-reactive ketones (excluding diaryl/α,β-unsaturated/α-hetero) is 1. The number of hydrogen-bond donors (Lipinski definition) is 0. The van der Waals surface area contributed by atoms with Crippen molar-refractivity contribution in [3.63, 3.8) is 0 Å². The Hall–Kier alpha value is -0.410. The minimum absolute atomic E-state index is 0.287. The van der Waals surface area contributed by atoms with Crippen LogP contribution < -0.4 is 0 Å². The van der Waals surface area contributed by atoms with E-state index in [-0.39, 0.29) is 5.78 Å². The predicted octanol–water partition coefficient (Wildman–Crippen LogP) is 1.85. The molecule has 15 heavy (non-hydrogen) atoms. The first-order chi connectivity index (χ1) is 7.13. The zero-order valence-corrected chi connectivity index (χ0v) is 10.2. The summed E-state index contributed by atoms with van der Waals surface area (Å²) in [5.74, 6) is 0.287. The molecule has 1 rings (SSSR count). The summed E-state index contributed by atoms with van der Waals surface area (Å²) in [6.45, 7) is 8.81. The molecule has 88 valence electrons. The molecule has 3 heteroatoms. The molecule has 1 aliphatic heterocycles. The Bertz CT molecular complexity index is 198. The summed E-state index contributed by atoms with van der Waals surface area (Å²) in [5, 5.41) is 0. The topological polar surface area (TPSA) is 29.5 Å². The lowest BCUT2D eigenvalue weighted by atomic mass is 10.0. The molecule has 0 bridgehead atoms. The van der Waals surface area contributed by atoms with Crippen LogP contribution in [0.2, 0.25) is 0 Å². The van der Waals surface area contributed by atoms with Crippen LogP contribution in [0.25, 0.3) is 0 Å². The predicted molar refractivity (Wildman–Crippen MR) is 61.0 cm³/mol. The van der Waals surface area contributed by atoms with Crippen molar-refractivity contribution >= 4 is 5.78 Å². The number of likely N-dealkylation sites (tertiary alicyclic amines) is 1. The second-order valence-electron chi connectivity index (χ2n) is 4.45. The van der Waals surface area contributed by atoms with Crippen LogP contribution in [0.15, 0.2) is 0 Å². The van der Waals surface area contributed by atoms with E-state index in [0.717, 1.165) is 32.5 Å². The summed E-state index contributed by atoms with van der Waals surface area (Å²) in [5.41, 5.74) is 0. The van der Waals surface area contributed by atoms with Gasteiger partial charge in [-0.05, 0) is 33.6 Å². The molecule has 1 atom stereocenters. The monoisotopic (exact) mass is 213 g/mol. The molecule has 1 heterocycles. The Morgan fingerprint density at radius 3 is 2.53 bits per heavy atom. The highest BCUT2D eigenvalue weighted by atomic mass is 16.5. The van der Waals surface area contributed by atoms with Gasteiger partial charge in [0.1, 0.15) is 5.78 Å². The van der Waals surface area contributed by atoms with E-state index >= 15 is 0 Å². The Morgan fingerprint density at radius 2 is 2.07 bits per heavy atom. The number of carbonyl (C=O) groups is 1. The summed E-state index contributed by atoms with van der Waals surface area (Å²) in [6.07, 6.45) is 3.33. The van der Waals surface area contributed by atoms with Crippen molar-refractivity contribution < 1.29 is 9.53 Å². The Morgan fingerprint density at radius 1 is 1.47 bits per heavy atom. The molecule has 0 radical (unpaired) electrons. The highest BCUT2D eigenvalue weighted by Gasteiger charge is 2.23. The van der Waals surface area contributed by atoms with Crippen LogP contribution in [-0.2, 0) is 9.53 Å². The van der Waals surface area contributed by atoms with Gasteiger partial charge in [0.05, 0.1) is 6.10 Å². The molecule has 1 saturated heterocycles. The van der Waals surface area contributed by atoms with Crippen LogP contribution in [0.5, 0.6) is 0 Å². The van der Waals surface area contributed by atoms with Crippen LogP contribution in [0.1, 0.15) is 40.0 Å². The third-order valence-corrected chi connectivity index (χ3v) is 3.09. The second kappa shape index (κ2) is 6.23. The lowest BCUT2D eigenvalue weighted by Gasteiger charge is -2.35. The molecule has 0 amide bonds. The Balaban J connectivity index is 2.27. The molecule has 0 aromatic rings. The van der Waals surface area contributed by atoms with Gasteiger partial charge in [-0.15, -0.1) is 0 Å². The number of ketones is 1. The zero-order chi connectivity index (χ0) is 11.3. The van der Waals surface area contributed by atoms with Gasteiger partial charge in [0.15, 0.2) is 0 Å². The minimum atomic E-state index is 0.287. The normalized spacial score (nSPS) is 21.5. The highest BCUT2D eigenvalue weighted by Crippen LogP contribution is 2.17. The number of nitrogens with zero attached hydrogens (tertiary/aromatic N) is 1. The number of rotatable bonds is 5. The van der Waals surface area contributed by atoms with E-state index < -0.39 is 0 Å². The molecular formula is C12H23NO2. The lowest BCUT2D eigenvalue weighted by molar-refractivity contribution is -0.118. The van der Waals surface area contributed by atoms with Gasteiger partial charge < -0.3 is 9.64 Å². The van der Waals surface area contributed by atoms with Gasteiger partial charge in [-0.3, -0.25) is 4.79 Å². The summed E-state index contributed by atoms with van der Waals surface area (Å²) in [6, 6.07) is 0.394. The maximum Gasteiger partial charge on any atom is 0.131 e. The van der Waals surface area contributed by atoms with E-state index in [4.69, 9.17) is 4.74 Å². The zero-order valence-electron chi connectivity index (χ0n) is 10.2. The van der Waals surface area contributed by atoms with Crippen LogP contribution in [-0.4, -0.2) is 42.5 Å². The van der Waals surface area contributed by atoms with Crippen molar-refractivity contribution in [3.05, 3.63) is 0 Å². The minimum Gasteiger partial charge on any atom is -0.378 e. The largest absolute Gasteiger partial charge is 0.378 e. The van der Waals surface area contributed by atoms with Gasteiger partial charge in [0.25, 0.3) is 0 Å². The SMILES string of the molecule is CCOC1CCN(C(C)CC(C)=O)CC1. The number of ether oxygens (including phenoxy) is 1. The van der Waals surface area contributed by atoms with Crippen molar-refractivity contribution in [2.75, 3.05) is 19.7 Å². The first kappa shape index (κ1) is 12.7. The van der Waals surface area contributed by atoms with Crippen LogP contribution in [0.3, 0.4) is 0 Å². The highest BCUT2D eigenvalue weighted by molar-refractivity contribution is 5.76. The first-order valence-corrected chi connectivity index (χ1v) is 5.98. The number of piperidine rings is 1. The van der Waals surface area contributed by atoms with E-state index in [0.29, 0.717) is 18.6 Å². The maximum atomic E-state index is 11.0. The number of carbonyl (C=O) groups excluding carboxylic acids is 1. The Kier molecular flexibility index (Phi) is 5.26. The van der Waals surface area contributed by atoms with Gasteiger partial charge in [0.2, 0.25) is 0 Å². The first-order valence-electron chi connectivity index (χ1n) is 5.98. The molecule has 0 saturated carbocycles. The Labute approximate surface area is 92.8 Å². The quantitative estimate of drug-likeness (QED) is 0.698. The van der Waals surface area contributed by atoms with Crippen LogP contribution in [0, 0.1) is 0 Å². The molecule has 1 aliphatic rings. The van der Waals surface area contributed by atoms with E-state index in [1.807, 2.05) is 6.92 Å². The fraction of sp³-hybridized carbons (Fsp3) is 0.917. The average molecular weight is 213 g/mol. The van der Waals surface area contributed by atoms with Crippen molar-refractivity contribution in [1.82, 2.24) is 4.90 Å². The van der Waals surface area contributed by atoms with Gasteiger partial charge in [-0.1, -0.05) is 0 Å². The summed E-state index contributed by atoms with van der Waals surface area (Å²) < 4.78 is 5.60. The van der Waals surface area contributed by atoms with E-state index in [1.165, 1.54) is 0 Å². The van der Waals surface area contributed by atoms with Crippen LogP contribution in [0.4, 0.5) is 0 Å². The van der Waals surface area contributed by atoms with E-state index in [9.17, 15) is 4.79 Å². The molecule has 0 aliphatic carbocycles. The fourth-order valence-corrected chi connectivity index (χ4v) is 2.26. The maximum absolute atomic E-state index is 11.0. The molecule has 3 nitrogen and oxygen atoms in total. The van der Waals surface area contributed by atoms with Gasteiger partial charge in [0, 0.05) is 32.2 Å². The fourth-order valence-electron chi connectivity index (χ4n) is 2.26. The van der Waals surface area contributed by atoms with Crippen molar-refractivity contribution in [1.29, 1.82) is 0 Å². The van der Waals surface area contributed by atoms with Crippen LogP contribution >= 0.6 is 0 Å². The molecule has 0 spiro atoms. The molecule has 1 fully saturated rings. The molecule has 1 unspecified atom stereocenters. The van der Waals surface area contributed by atoms with Crippen molar-refractivity contribution in [2.45, 2.75) is 52.2 Å². The lowest BCUT2D eigenvalue weighted by Crippen LogP contribution is -2.42. The second-order valence-corrected chi connectivity index (χ2v) is 4.45. The summed E-state index contributed by atoms with van der Waals surface area (Å²) >= 11 is 0. The van der Waals surface area contributed by atoms with E-state index in [2.05, 4.69) is 11.8 Å². The summed E-state index contributed by atoms with van der Waals surface area (Å²) in [7, 11) is 0. The van der Waals surface area contributed by atoms with E-state index in [1.54, 1.807) is 6.92 Å². The molecular weight excluding hydrogens is 190 g/mol. The third-order valence-electron chi connectivity index (χ3n) is 3.09. The smallest absolute Gasteiger partial charge is 0.131 e.